The number of anilines is 2. The van der Waals surface area contributed by atoms with Crippen molar-refractivity contribution in [3.63, 3.8) is 0 Å². The molecule has 0 aromatic carbocycles. The third kappa shape index (κ3) is 3.76. The maximum atomic E-state index is 12.9. The smallest absolute Gasteiger partial charge is 0.289 e. The van der Waals surface area contributed by atoms with Crippen molar-refractivity contribution in [3.8, 4) is 0 Å². The lowest BCUT2D eigenvalue weighted by Crippen LogP contribution is -2.42. The lowest BCUT2D eigenvalue weighted by atomic mass is 9.99. The van der Waals surface area contributed by atoms with Crippen molar-refractivity contribution in [1.82, 2.24) is 14.9 Å². The number of aromatic nitrogens is 2. The SMILES string of the molecule is CC1CCN(c2nc3c(c(N4CCOCC4)n2)CN(C(=O)c2ccco2)CC3)CC1. The van der Waals surface area contributed by atoms with Gasteiger partial charge in [-0.3, -0.25) is 4.79 Å². The van der Waals surface area contributed by atoms with Gasteiger partial charge in [0.1, 0.15) is 5.82 Å². The van der Waals surface area contributed by atoms with Gasteiger partial charge in [0, 0.05) is 44.7 Å². The summed E-state index contributed by atoms with van der Waals surface area (Å²) in [4.78, 5) is 29.3. The summed E-state index contributed by atoms with van der Waals surface area (Å²) in [7, 11) is 0. The molecule has 8 nitrogen and oxygen atoms in total. The van der Waals surface area contributed by atoms with Crippen LogP contribution in [-0.4, -0.2) is 66.7 Å². The highest BCUT2D eigenvalue weighted by Crippen LogP contribution is 2.31. The maximum Gasteiger partial charge on any atom is 0.289 e. The van der Waals surface area contributed by atoms with E-state index < -0.39 is 0 Å². The summed E-state index contributed by atoms with van der Waals surface area (Å²) in [6.45, 7) is 8.50. The van der Waals surface area contributed by atoms with Crippen LogP contribution < -0.4 is 9.80 Å². The number of nitrogens with zero attached hydrogens (tertiary/aromatic N) is 5. The fourth-order valence-electron chi connectivity index (χ4n) is 4.50. The van der Waals surface area contributed by atoms with Gasteiger partial charge in [0.25, 0.3) is 5.91 Å². The molecule has 0 N–H and O–H groups in total. The first-order chi connectivity index (χ1) is 14.7. The number of piperidine rings is 1. The molecule has 0 aliphatic carbocycles. The molecule has 30 heavy (non-hydrogen) atoms. The van der Waals surface area contributed by atoms with Crippen LogP contribution in [0.1, 0.15) is 41.6 Å². The monoisotopic (exact) mass is 411 g/mol. The zero-order valence-corrected chi connectivity index (χ0v) is 17.5. The first-order valence-corrected chi connectivity index (χ1v) is 11.0. The lowest BCUT2D eigenvalue weighted by molar-refractivity contribution is 0.0700. The van der Waals surface area contributed by atoms with Crippen LogP contribution in [0.15, 0.2) is 22.8 Å². The predicted molar refractivity (Wildman–Crippen MR) is 113 cm³/mol. The summed E-state index contributed by atoms with van der Waals surface area (Å²) in [5, 5.41) is 0. The zero-order chi connectivity index (χ0) is 20.5. The molecule has 2 saturated heterocycles. The minimum Gasteiger partial charge on any atom is -0.459 e. The average Bonchev–Trinajstić information content (AvgIpc) is 3.33. The number of hydrogen-bond donors (Lipinski definition) is 0. The molecule has 0 radical (unpaired) electrons. The Morgan fingerprint density at radius 1 is 1.07 bits per heavy atom. The Morgan fingerprint density at radius 3 is 2.60 bits per heavy atom. The van der Waals surface area contributed by atoms with E-state index >= 15 is 0 Å². The number of fused-ring (bicyclic) bond motifs is 1. The molecule has 0 atom stereocenters. The summed E-state index contributed by atoms with van der Waals surface area (Å²) in [5.41, 5.74) is 2.14. The van der Waals surface area contributed by atoms with Gasteiger partial charge in [-0.05, 0) is 30.9 Å². The van der Waals surface area contributed by atoms with E-state index in [-0.39, 0.29) is 5.91 Å². The molecule has 0 bridgehead atoms. The molecular formula is C22H29N5O3. The molecule has 2 aromatic heterocycles. The summed E-state index contributed by atoms with van der Waals surface area (Å²) in [5.74, 6) is 2.87. The number of hydrogen-bond acceptors (Lipinski definition) is 7. The number of carbonyl (C=O) groups is 1. The van der Waals surface area contributed by atoms with Crippen LogP contribution in [0.4, 0.5) is 11.8 Å². The van der Waals surface area contributed by atoms with Gasteiger partial charge in [-0.2, -0.15) is 4.98 Å². The number of furan rings is 1. The zero-order valence-electron chi connectivity index (χ0n) is 17.5. The third-order valence-electron chi connectivity index (χ3n) is 6.42. The molecule has 2 fully saturated rings. The molecular weight excluding hydrogens is 382 g/mol. The van der Waals surface area contributed by atoms with Gasteiger partial charge >= 0.3 is 0 Å². The highest BCUT2D eigenvalue weighted by molar-refractivity contribution is 5.91. The Bertz CT molecular complexity index is 886. The van der Waals surface area contributed by atoms with Crippen molar-refractivity contribution in [2.24, 2.45) is 5.92 Å². The molecule has 160 valence electrons. The maximum absolute atomic E-state index is 12.9. The lowest BCUT2D eigenvalue weighted by Gasteiger charge is -2.36. The molecule has 8 heteroatoms. The van der Waals surface area contributed by atoms with Crippen LogP contribution in [0.2, 0.25) is 0 Å². The number of morpholine rings is 1. The van der Waals surface area contributed by atoms with Crippen molar-refractivity contribution in [1.29, 1.82) is 0 Å². The van der Waals surface area contributed by atoms with Gasteiger partial charge in [0.05, 0.1) is 31.7 Å². The standard InChI is InChI=1S/C22H29N5O3/c1-16-4-7-26(8-5-16)22-23-18-6-9-27(21(28)19-3-2-12-30-19)15-17(18)20(24-22)25-10-13-29-14-11-25/h2-3,12,16H,4-11,13-15H2,1H3. The van der Waals surface area contributed by atoms with Gasteiger partial charge in [-0.15, -0.1) is 0 Å². The highest BCUT2D eigenvalue weighted by atomic mass is 16.5. The largest absolute Gasteiger partial charge is 0.459 e. The first-order valence-electron chi connectivity index (χ1n) is 11.0. The molecule has 1 amide bonds. The third-order valence-corrected chi connectivity index (χ3v) is 6.42. The number of carbonyl (C=O) groups excluding carboxylic acids is 1. The van der Waals surface area contributed by atoms with Crippen LogP contribution in [0.25, 0.3) is 0 Å². The minimum absolute atomic E-state index is 0.0762. The topological polar surface area (TPSA) is 74.9 Å². The predicted octanol–water partition coefficient (Wildman–Crippen LogP) is 2.34. The highest BCUT2D eigenvalue weighted by Gasteiger charge is 2.31. The van der Waals surface area contributed by atoms with Gasteiger partial charge in [-0.25, -0.2) is 4.98 Å². The van der Waals surface area contributed by atoms with Crippen molar-refractivity contribution < 1.29 is 13.9 Å². The Labute approximate surface area is 176 Å². The van der Waals surface area contributed by atoms with E-state index in [9.17, 15) is 4.79 Å². The fraction of sp³-hybridized carbons (Fsp3) is 0.591. The van der Waals surface area contributed by atoms with Gasteiger partial charge in [0.2, 0.25) is 5.95 Å². The molecule has 5 rings (SSSR count). The molecule has 0 saturated carbocycles. The van der Waals surface area contributed by atoms with E-state index in [0.29, 0.717) is 32.1 Å². The van der Waals surface area contributed by atoms with E-state index in [1.165, 1.54) is 12.8 Å². The Morgan fingerprint density at radius 2 is 1.87 bits per heavy atom. The van der Waals surface area contributed by atoms with Crippen LogP contribution in [-0.2, 0) is 17.7 Å². The summed E-state index contributed by atoms with van der Waals surface area (Å²) >= 11 is 0. The number of amides is 1. The fourth-order valence-corrected chi connectivity index (χ4v) is 4.50. The molecule has 0 spiro atoms. The molecule has 3 aliphatic heterocycles. The van der Waals surface area contributed by atoms with Crippen LogP contribution in [0, 0.1) is 5.92 Å². The average molecular weight is 412 g/mol. The Kier molecular flexibility index (Phi) is 5.33. The van der Waals surface area contributed by atoms with Gasteiger partial charge in [0.15, 0.2) is 5.76 Å². The molecule has 5 heterocycles. The van der Waals surface area contributed by atoms with Crippen molar-refractivity contribution in [2.45, 2.75) is 32.7 Å². The number of ether oxygens (including phenoxy) is 1. The van der Waals surface area contributed by atoms with Crippen LogP contribution in [0.5, 0.6) is 0 Å². The quantitative estimate of drug-likeness (QED) is 0.767. The van der Waals surface area contributed by atoms with E-state index in [1.54, 1.807) is 18.4 Å². The van der Waals surface area contributed by atoms with E-state index in [1.807, 2.05) is 4.90 Å². The first kappa shape index (κ1) is 19.4. The molecule has 3 aliphatic rings. The van der Waals surface area contributed by atoms with Crippen LogP contribution >= 0.6 is 0 Å². The molecule has 0 unspecified atom stereocenters. The second kappa shape index (κ2) is 8.26. The molecule has 2 aromatic rings. The van der Waals surface area contributed by atoms with Crippen molar-refractivity contribution >= 4 is 17.7 Å². The second-order valence-corrected chi connectivity index (χ2v) is 8.50. The van der Waals surface area contributed by atoms with Crippen molar-refractivity contribution in [2.75, 3.05) is 55.7 Å². The Hall–Kier alpha value is -2.61. The number of rotatable bonds is 3. The summed E-state index contributed by atoms with van der Waals surface area (Å²) < 4.78 is 10.9. The normalized spacial score (nSPS) is 20.4. The summed E-state index contributed by atoms with van der Waals surface area (Å²) in [6, 6.07) is 3.47. The second-order valence-electron chi connectivity index (χ2n) is 8.50. The van der Waals surface area contributed by atoms with Crippen LogP contribution in [0.3, 0.4) is 0 Å². The van der Waals surface area contributed by atoms with E-state index in [4.69, 9.17) is 19.1 Å². The summed E-state index contributed by atoms with van der Waals surface area (Å²) in [6.07, 6.45) is 4.63. The van der Waals surface area contributed by atoms with Gasteiger partial charge in [-0.1, -0.05) is 6.92 Å². The van der Waals surface area contributed by atoms with Gasteiger partial charge < -0.3 is 23.9 Å². The minimum atomic E-state index is -0.0762. The van der Waals surface area contributed by atoms with Crippen molar-refractivity contribution in [3.05, 3.63) is 35.4 Å². The van der Waals surface area contributed by atoms with E-state index in [0.717, 1.165) is 61.5 Å². The Balaban J connectivity index is 1.47. The van der Waals surface area contributed by atoms with E-state index in [2.05, 4.69) is 16.7 Å².